The third-order valence-electron chi connectivity index (χ3n) is 4.36. The van der Waals surface area contributed by atoms with E-state index in [0.717, 1.165) is 6.07 Å². The molecule has 8 heteroatoms. The van der Waals surface area contributed by atoms with Gasteiger partial charge in [-0.15, -0.1) is 0 Å². The van der Waals surface area contributed by atoms with E-state index in [-0.39, 0.29) is 18.0 Å². The van der Waals surface area contributed by atoms with E-state index in [0.29, 0.717) is 28.3 Å². The number of halogens is 1. The van der Waals surface area contributed by atoms with E-state index in [1.165, 1.54) is 24.3 Å². The molecule has 0 fully saturated rings. The van der Waals surface area contributed by atoms with Crippen LogP contribution < -0.4 is 20.1 Å². The van der Waals surface area contributed by atoms with Gasteiger partial charge in [-0.2, -0.15) is 5.26 Å². The van der Waals surface area contributed by atoms with Gasteiger partial charge < -0.3 is 20.1 Å². The highest BCUT2D eigenvalue weighted by Crippen LogP contribution is 2.32. The molecule has 0 spiro atoms. The molecular formula is C22H14FN3O4. The number of carbonyl (C=O) groups is 2. The molecule has 2 amide bonds. The highest BCUT2D eigenvalue weighted by Gasteiger charge is 2.17. The zero-order valence-corrected chi connectivity index (χ0v) is 15.4. The fraction of sp³-hybridized carbons (Fsp3) is 0.0455. The van der Waals surface area contributed by atoms with E-state index in [9.17, 15) is 14.0 Å². The Kier molecular flexibility index (Phi) is 5.01. The Morgan fingerprint density at radius 2 is 1.67 bits per heavy atom. The average Bonchev–Trinajstić information content (AvgIpc) is 3.24. The lowest BCUT2D eigenvalue weighted by molar-refractivity contribution is 0.101. The van der Waals surface area contributed by atoms with Crippen LogP contribution in [0.25, 0.3) is 0 Å². The Hall–Kier alpha value is -4.38. The van der Waals surface area contributed by atoms with Crippen LogP contribution in [0.15, 0.2) is 60.7 Å². The monoisotopic (exact) mass is 403 g/mol. The number of fused-ring (bicyclic) bond motifs is 1. The van der Waals surface area contributed by atoms with Gasteiger partial charge in [-0.05, 0) is 54.6 Å². The molecule has 0 aromatic heterocycles. The molecule has 30 heavy (non-hydrogen) atoms. The molecule has 0 unspecified atom stereocenters. The summed E-state index contributed by atoms with van der Waals surface area (Å²) in [5.74, 6) is -0.655. The number of nitrogens with one attached hydrogen (secondary N) is 2. The van der Waals surface area contributed by atoms with Gasteiger partial charge in [0.1, 0.15) is 5.82 Å². The van der Waals surface area contributed by atoms with Gasteiger partial charge in [0.05, 0.1) is 17.3 Å². The second-order valence-corrected chi connectivity index (χ2v) is 6.36. The fourth-order valence-corrected chi connectivity index (χ4v) is 2.86. The smallest absolute Gasteiger partial charge is 0.255 e. The van der Waals surface area contributed by atoms with Crippen molar-refractivity contribution >= 4 is 23.2 Å². The Labute approximate surface area is 170 Å². The molecule has 0 radical (unpaired) electrons. The Balaban J connectivity index is 1.51. The number of hydrogen-bond donors (Lipinski definition) is 2. The zero-order valence-electron chi connectivity index (χ0n) is 15.4. The maximum Gasteiger partial charge on any atom is 0.255 e. The summed E-state index contributed by atoms with van der Waals surface area (Å²) in [5.41, 5.74) is 1.05. The number of rotatable bonds is 4. The molecule has 0 aliphatic carbocycles. The molecule has 7 nitrogen and oxygen atoms in total. The van der Waals surface area contributed by atoms with E-state index in [2.05, 4.69) is 10.6 Å². The lowest BCUT2D eigenvalue weighted by Crippen LogP contribution is -2.15. The number of benzene rings is 3. The predicted molar refractivity (Wildman–Crippen MR) is 106 cm³/mol. The summed E-state index contributed by atoms with van der Waals surface area (Å²) in [4.78, 5) is 24.9. The second-order valence-electron chi connectivity index (χ2n) is 6.36. The number of amides is 2. The van der Waals surface area contributed by atoms with Crippen LogP contribution in [0.1, 0.15) is 26.3 Å². The maximum absolute atomic E-state index is 14.2. The van der Waals surface area contributed by atoms with Gasteiger partial charge >= 0.3 is 0 Å². The zero-order chi connectivity index (χ0) is 21.1. The molecule has 3 aromatic carbocycles. The summed E-state index contributed by atoms with van der Waals surface area (Å²) in [7, 11) is 0. The molecule has 3 aromatic rings. The average molecular weight is 403 g/mol. The van der Waals surface area contributed by atoms with Crippen LogP contribution in [-0.2, 0) is 0 Å². The van der Waals surface area contributed by atoms with Crippen molar-refractivity contribution in [2.24, 2.45) is 0 Å². The first kappa shape index (κ1) is 19.0. The summed E-state index contributed by atoms with van der Waals surface area (Å²) in [5, 5.41) is 14.1. The molecular weight excluding hydrogens is 389 g/mol. The third-order valence-corrected chi connectivity index (χ3v) is 4.36. The van der Waals surface area contributed by atoms with Crippen LogP contribution in [0.2, 0.25) is 0 Å². The lowest BCUT2D eigenvalue weighted by Gasteiger charge is -2.10. The van der Waals surface area contributed by atoms with E-state index in [1.807, 2.05) is 6.07 Å². The van der Waals surface area contributed by atoms with Gasteiger partial charge in [-0.1, -0.05) is 6.07 Å². The lowest BCUT2D eigenvalue weighted by atomic mass is 10.1. The Bertz CT molecular complexity index is 1200. The van der Waals surface area contributed by atoms with Crippen LogP contribution >= 0.6 is 0 Å². The quantitative estimate of drug-likeness (QED) is 0.688. The van der Waals surface area contributed by atoms with Gasteiger partial charge in [-0.25, -0.2) is 4.39 Å². The van der Waals surface area contributed by atoms with Crippen LogP contribution in [0.3, 0.4) is 0 Å². The summed E-state index contributed by atoms with van der Waals surface area (Å²) in [6.45, 7) is 0.0959. The summed E-state index contributed by atoms with van der Waals surface area (Å²) in [6.07, 6.45) is 0. The highest BCUT2D eigenvalue weighted by atomic mass is 19.1. The van der Waals surface area contributed by atoms with Gasteiger partial charge in [0, 0.05) is 16.8 Å². The van der Waals surface area contributed by atoms with E-state index >= 15 is 0 Å². The maximum atomic E-state index is 14.2. The van der Waals surface area contributed by atoms with Gasteiger partial charge in [0.25, 0.3) is 11.8 Å². The van der Waals surface area contributed by atoms with Crippen LogP contribution in [-0.4, -0.2) is 18.6 Å². The molecule has 148 valence electrons. The first-order valence-corrected chi connectivity index (χ1v) is 8.85. The van der Waals surface area contributed by atoms with E-state index < -0.39 is 17.6 Å². The molecule has 4 rings (SSSR count). The molecule has 0 saturated carbocycles. The minimum absolute atomic E-state index is 0.0959. The van der Waals surface area contributed by atoms with Crippen LogP contribution in [0, 0.1) is 17.1 Å². The number of anilines is 2. The minimum Gasteiger partial charge on any atom is -0.454 e. The van der Waals surface area contributed by atoms with Crippen molar-refractivity contribution in [2.75, 3.05) is 17.4 Å². The van der Waals surface area contributed by atoms with Crippen LogP contribution in [0.4, 0.5) is 15.8 Å². The number of nitriles is 1. The van der Waals surface area contributed by atoms with Crippen molar-refractivity contribution in [1.29, 1.82) is 5.26 Å². The van der Waals surface area contributed by atoms with Gasteiger partial charge in [-0.3, -0.25) is 9.59 Å². The molecule has 0 atom stereocenters. The SMILES string of the molecule is N#Cc1cccc(C(=O)Nc2cc(NC(=O)c3ccc4c(c3)OCO4)ccc2F)c1. The number of hydrogen-bond acceptors (Lipinski definition) is 5. The molecule has 0 bridgehead atoms. The molecule has 1 aliphatic rings. The van der Waals surface area contributed by atoms with E-state index in [4.69, 9.17) is 14.7 Å². The summed E-state index contributed by atoms with van der Waals surface area (Å²) in [6, 6.07) is 16.6. The number of ether oxygens (including phenoxy) is 2. The van der Waals surface area contributed by atoms with Crippen molar-refractivity contribution in [1.82, 2.24) is 0 Å². The second kappa shape index (κ2) is 7.93. The van der Waals surface area contributed by atoms with Crippen molar-refractivity contribution < 1.29 is 23.5 Å². The molecule has 2 N–H and O–H groups in total. The van der Waals surface area contributed by atoms with E-state index in [1.54, 1.807) is 30.3 Å². The van der Waals surface area contributed by atoms with Gasteiger partial charge in [0.2, 0.25) is 6.79 Å². The highest BCUT2D eigenvalue weighted by molar-refractivity contribution is 6.06. The fourth-order valence-electron chi connectivity index (χ4n) is 2.86. The minimum atomic E-state index is -0.666. The summed E-state index contributed by atoms with van der Waals surface area (Å²) < 4.78 is 24.7. The van der Waals surface area contributed by atoms with Crippen molar-refractivity contribution in [2.45, 2.75) is 0 Å². The predicted octanol–water partition coefficient (Wildman–Crippen LogP) is 3.93. The molecule has 1 aliphatic heterocycles. The Morgan fingerprint density at radius 3 is 2.50 bits per heavy atom. The number of carbonyl (C=O) groups excluding carboxylic acids is 2. The van der Waals surface area contributed by atoms with Crippen molar-refractivity contribution in [3.8, 4) is 17.6 Å². The van der Waals surface area contributed by atoms with Crippen molar-refractivity contribution in [3.05, 3.63) is 83.2 Å². The summed E-state index contributed by atoms with van der Waals surface area (Å²) >= 11 is 0. The Morgan fingerprint density at radius 1 is 0.900 bits per heavy atom. The number of nitrogens with zero attached hydrogens (tertiary/aromatic N) is 1. The standard InChI is InChI=1S/C22H14FN3O4/c23-17-6-5-16(25-21(27)15-4-7-19-20(9-15)30-12-29-19)10-18(17)26-22(28)14-3-1-2-13(8-14)11-24/h1-10H,12H2,(H,25,27)(H,26,28). The molecule has 1 heterocycles. The largest absolute Gasteiger partial charge is 0.454 e. The normalized spacial score (nSPS) is 11.5. The van der Waals surface area contributed by atoms with Crippen LogP contribution in [0.5, 0.6) is 11.5 Å². The third kappa shape index (κ3) is 3.91. The molecule has 0 saturated heterocycles. The first-order chi connectivity index (χ1) is 14.5. The first-order valence-electron chi connectivity index (χ1n) is 8.85. The van der Waals surface area contributed by atoms with Crippen molar-refractivity contribution in [3.63, 3.8) is 0 Å². The van der Waals surface area contributed by atoms with Gasteiger partial charge in [0.15, 0.2) is 11.5 Å². The topological polar surface area (TPSA) is 100 Å².